The third-order valence-corrected chi connectivity index (χ3v) is 9.45. The summed E-state index contributed by atoms with van der Waals surface area (Å²) >= 11 is 0. The molecule has 276 valence electrons. The molecule has 0 rings (SSSR count). The summed E-state index contributed by atoms with van der Waals surface area (Å²) in [5.41, 5.74) is 0. The normalized spacial score (nSPS) is 12.9. The minimum atomic E-state index is -0.959. The molecule has 5 heteroatoms. The van der Waals surface area contributed by atoms with Gasteiger partial charge in [0, 0.05) is 13.2 Å². The van der Waals surface area contributed by atoms with Gasteiger partial charge in [-0.25, -0.2) is 4.79 Å². The van der Waals surface area contributed by atoms with Gasteiger partial charge in [0.25, 0.3) is 0 Å². The van der Waals surface area contributed by atoms with Crippen molar-refractivity contribution in [2.24, 2.45) is 0 Å². The van der Waals surface area contributed by atoms with Crippen LogP contribution >= 0.6 is 0 Å². The highest BCUT2D eigenvalue weighted by atomic mass is 16.6. The van der Waals surface area contributed by atoms with Crippen molar-refractivity contribution in [2.45, 2.75) is 232 Å². The zero-order valence-electron chi connectivity index (χ0n) is 31.5. The number of aliphatic carboxylic acids is 1. The molecule has 0 aromatic rings. The Bertz CT molecular complexity index is 583. The maximum absolute atomic E-state index is 11.4. The lowest BCUT2D eigenvalue weighted by molar-refractivity contribution is -0.155. The van der Waals surface area contributed by atoms with E-state index in [1.54, 1.807) is 0 Å². The largest absolute Gasteiger partial charge is 0.479 e. The number of hydrogen-bond donors (Lipinski definition) is 1. The van der Waals surface area contributed by atoms with Gasteiger partial charge in [-0.2, -0.15) is 0 Å². The van der Waals surface area contributed by atoms with Crippen molar-refractivity contribution in [1.29, 1.82) is 0 Å². The van der Waals surface area contributed by atoms with Gasteiger partial charge >= 0.3 is 5.97 Å². The molecule has 0 amide bonds. The first-order valence-corrected chi connectivity index (χ1v) is 20.7. The summed E-state index contributed by atoms with van der Waals surface area (Å²) < 4.78 is 17.4. The van der Waals surface area contributed by atoms with E-state index in [1.807, 2.05) is 6.92 Å². The van der Waals surface area contributed by atoms with Gasteiger partial charge in [-0.05, 0) is 19.8 Å². The van der Waals surface area contributed by atoms with Crippen molar-refractivity contribution >= 4 is 5.97 Å². The van der Waals surface area contributed by atoms with Gasteiger partial charge in [0.2, 0.25) is 0 Å². The Labute approximate surface area is 288 Å². The highest BCUT2D eigenvalue weighted by Crippen LogP contribution is 2.16. The Morgan fingerprint density at radius 3 is 1.15 bits per heavy atom. The van der Waals surface area contributed by atoms with E-state index >= 15 is 0 Å². The third-order valence-electron chi connectivity index (χ3n) is 9.45. The van der Waals surface area contributed by atoms with E-state index in [4.69, 9.17) is 14.2 Å². The van der Waals surface area contributed by atoms with Crippen LogP contribution < -0.4 is 0 Å². The standard InChI is InChI=1S/C41H82O5/c1-4-7-9-11-13-15-17-19-21-22-24-26-28-30-32-34-36-46-39(37-44-38-40(41(42)43)45-6-3)35-33-31-29-27-25-23-20-18-16-14-12-10-8-5-2/h39-40H,4-38H2,1-3H3,(H,42,43). The molecular formula is C41H82O5. The average Bonchev–Trinajstić information content (AvgIpc) is 3.05. The van der Waals surface area contributed by atoms with Crippen molar-refractivity contribution in [3.8, 4) is 0 Å². The zero-order valence-corrected chi connectivity index (χ0v) is 31.5. The molecular weight excluding hydrogens is 572 g/mol. The van der Waals surface area contributed by atoms with E-state index in [0.717, 1.165) is 25.9 Å². The van der Waals surface area contributed by atoms with Gasteiger partial charge in [-0.15, -0.1) is 0 Å². The molecule has 0 aliphatic rings. The molecule has 0 bridgehead atoms. The molecule has 0 aromatic heterocycles. The molecule has 0 heterocycles. The van der Waals surface area contributed by atoms with Gasteiger partial charge in [-0.1, -0.05) is 200 Å². The lowest BCUT2D eigenvalue weighted by Crippen LogP contribution is -2.31. The lowest BCUT2D eigenvalue weighted by Gasteiger charge is -2.20. The highest BCUT2D eigenvalue weighted by molar-refractivity contribution is 5.72. The molecule has 5 nitrogen and oxygen atoms in total. The number of unbranched alkanes of at least 4 members (excludes halogenated alkanes) is 28. The second kappa shape index (κ2) is 38.8. The second-order valence-electron chi connectivity index (χ2n) is 14.0. The Kier molecular flexibility index (Phi) is 38.2. The molecule has 0 aliphatic carbocycles. The fraction of sp³-hybridized carbons (Fsp3) is 0.976. The minimum Gasteiger partial charge on any atom is -0.479 e. The Morgan fingerprint density at radius 2 is 0.804 bits per heavy atom. The molecule has 46 heavy (non-hydrogen) atoms. The van der Waals surface area contributed by atoms with Crippen LogP contribution in [-0.2, 0) is 19.0 Å². The van der Waals surface area contributed by atoms with Crippen molar-refractivity contribution in [3.63, 3.8) is 0 Å². The van der Waals surface area contributed by atoms with Crippen molar-refractivity contribution in [2.75, 3.05) is 26.4 Å². The number of ether oxygens (including phenoxy) is 3. The van der Waals surface area contributed by atoms with E-state index in [1.165, 1.54) is 180 Å². The molecule has 0 fully saturated rings. The van der Waals surface area contributed by atoms with Crippen LogP contribution in [0.2, 0.25) is 0 Å². The summed E-state index contributed by atoms with van der Waals surface area (Å²) in [7, 11) is 0. The number of carboxylic acids is 1. The van der Waals surface area contributed by atoms with Gasteiger partial charge in [-0.3, -0.25) is 0 Å². The Morgan fingerprint density at radius 1 is 0.457 bits per heavy atom. The topological polar surface area (TPSA) is 65.0 Å². The summed E-state index contributed by atoms with van der Waals surface area (Å²) in [6.07, 6.45) is 41.1. The van der Waals surface area contributed by atoms with Gasteiger partial charge in [0.15, 0.2) is 6.10 Å². The Hall–Kier alpha value is -0.650. The van der Waals surface area contributed by atoms with E-state index in [9.17, 15) is 9.90 Å². The maximum atomic E-state index is 11.4. The Balaban J connectivity index is 3.93. The van der Waals surface area contributed by atoms with E-state index in [-0.39, 0.29) is 12.7 Å². The number of carbonyl (C=O) groups is 1. The monoisotopic (exact) mass is 655 g/mol. The van der Waals surface area contributed by atoms with Crippen molar-refractivity contribution in [3.05, 3.63) is 0 Å². The summed E-state index contributed by atoms with van der Waals surface area (Å²) in [4.78, 5) is 11.4. The smallest absolute Gasteiger partial charge is 0.335 e. The zero-order chi connectivity index (χ0) is 33.6. The first-order chi connectivity index (χ1) is 22.7. The minimum absolute atomic E-state index is 0.0461. The van der Waals surface area contributed by atoms with Crippen LogP contribution in [0.5, 0.6) is 0 Å². The van der Waals surface area contributed by atoms with Crippen molar-refractivity contribution < 1.29 is 24.1 Å². The van der Waals surface area contributed by atoms with Gasteiger partial charge in [0.05, 0.1) is 19.3 Å². The second-order valence-corrected chi connectivity index (χ2v) is 14.0. The lowest BCUT2D eigenvalue weighted by atomic mass is 10.0. The summed E-state index contributed by atoms with van der Waals surface area (Å²) in [5.74, 6) is -0.959. The van der Waals surface area contributed by atoms with Crippen LogP contribution in [0.25, 0.3) is 0 Å². The van der Waals surface area contributed by atoms with Crippen molar-refractivity contribution in [1.82, 2.24) is 0 Å². The SMILES string of the molecule is CCCCCCCCCCCCCCCCCCOC(CCCCCCCCCCCCCCCC)COCC(OCC)C(=O)O. The molecule has 0 spiro atoms. The number of hydrogen-bond acceptors (Lipinski definition) is 4. The molecule has 0 aromatic carbocycles. The first kappa shape index (κ1) is 45.3. The van der Waals surface area contributed by atoms with E-state index in [0.29, 0.717) is 13.2 Å². The first-order valence-electron chi connectivity index (χ1n) is 20.7. The summed E-state index contributed by atoms with van der Waals surface area (Å²) in [5, 5.41) is 9.34. The van der Waals surface area contributed by atoms with Crippen LogP contribution in [-0.4, -0.2) is 49.7 Å². The quantitative estimate of drug-likeness (QED) is 0.0666. The molecule has 0 saturated heterocycles. The van der Waals surface area contributed by atoms with Crippen LogP contribution in [0.1, 0.15) is 220 Å². The van der Waals surface area contributed by atoms with Crippen LogP contribution in [0.15, 0.2) is 0 Å². The van der Waals surface area contributed by atoms with Crippen LogP contribution in [0.3, 0.4) is 0 Å². The fourth-order valence-electron chi connectivity index (χ4n) is 6.38. The molecule has 0 aliphatic heterocycles. The van der Waals surface area contributed by atoms with E-state index < -0.39 is 12.1 Å². The van der Waals surface area contributed by atoms with Gasteiger partial charge in [0.1, 0.15) is 0 Å². The predicted octanol–water partition coefficient (Wildman–Crippen LogP) is 13.0. The molecule has 0 radical (unpaired) electrons. The fourth-order valence-corrected chi connectivity index (χ4v) is 6.38. The number of carboxylic acid groups (broad SMARTS) is 1. The van der Waals surface area contributed by atoms with E-state index in [2.05, 4.69) is 13.8 Å². The molecule has 0 saturated carbocycles. The van der Waals surface area contributed by atoms with Crippen LogP contribution in [0, 0.1) is 0 Å². The average molecular weight is 655 g/mol. The summed E-state index contributed by atoms with van der Waals surface area (Å²) in [6, 6.07) is 0. The number of rotatable bonds is 40. The van der Waals surface area contributed by atoms with Crippen LogP contribution in [0.4, 0.5) is 0 Å². The summed E-state index contributed by atoms with van der Waals surface area (Å²) in [6.45, 7) is 8.08. The predicted molar refractivity (Wildman–Crippen MR) is 198 cm³/mol. The molecule has 1 N–H and O–H groups in total. The molecule has 2 atom stereocenters. The molecule has 2 unspecified atom stereocenters. The third kappa shape index (κ3) is 34.7. The maximum Gasteiger partial charge on any atom is 0.335 e. The van der Waals surface area contributed by atoms with Gasteiger partial charge < -0.3 is 19.3 Å². The highest BCUT2D eigenvalue weighted by Gasteiger charge is 2.19.